The van der Waals surface area contributed by atoms with Crippen LogP contribution in [0.2, 0.25) is 0 Å². The number of hydrazone groups is 1. The van der Waals surface area contributed by atoms with E-state index in [1.807, 2.05) is 26.8 Å². The van der Waals surface area contributed by atoms with E-state index in [2.05, 4.69) is 31.8 Å². The van der Waals surface area contributed by atoms with E-state index in [-0.39, 0.29) is 30.8 Å². The zero-order chi connectivity index (χ0) is 23.5. The molecule has 0 heterocycles. The number of hydrogen-bond donors (Lipinski definition) is 2. The number of amides is 2. The third-order valence-corrected chi connectivity index (χ3v) is 4.63. The minimum atomic E-state index is -0.366. The fourth-order valence-corrected chi connectivity index (χ4v) is 3.19. The van der Waals surface area contributed by atoms with Crippen molar-refractivity contribution >= 4 is 39.6 Å². The Morgan fingerprint density at radius 1 is 1.12 bits per heavy atom. The van der Waals surface area contributed by atoms with Gasteiger partial charge in [-0.3, -0.25) is 9.59 Å². The Labute approximate surface area is 196 Å². The highest BCUT2D eigenvalue weighted by atomic mass is 79.9. The first-order valence-corrected chi connectivity index (χ1v) is 11.0. The molecule has 0 bridgehead atoms. The Morgan fingerprint density at radius 2 is 1.81 bits per heavy atom. The van der Waals surface area contributed by atoms with Crippen LogP contribution in [0.4, 0.5) is 5.69 Å². The number of carbonyl (C=O) groups excluding carboxylic acids is 2. The summed E-state index contributed by atoms with van der Waals surface area (Å²) in [4.78, 5) is 24.0. The highest BCUT2D eigenvalue weighted by Gasteiger charge is 2.13. The van der Waals surface area contributed by atoms with Crippen LogP contribution in [-0.4, -0.2) is 37.8 Å². The lowest BCUT2D eigenvalue weighted by Crippen LogP contribution is -2.20. The number of rotatable bonds is 11. The van der Waals surface area contributed by atoms with Crippen molar-refractivity contribution in [2.45, 2.75) is 39.7 Å². The molecule has 0 fully saturated rings. The molecule has 172 valence electrons. The predicted molar refractivity (Wildman–Crippen MR) is 128 cm³/mol. The van der Waals surface area contributed by atoms with Crippen molar-refractivity contribution in [1.29, 1.82) is 0 Å². The van der Waals surface area contributed by atoms with Crippen LogP contribution in [0.15, 0.2) is 46.0 Å². The Morgan fingerprint density at radius 3 is 2.44 bits per heavy atom. The zero-order valence-electron chi connectivity index (χ0n) is 18.6. The molecule has 9 heteroatoms. The summed E-state index contributed by atoms with van der Waals surface area (Å²) in [6, 6.07) is 10.5. The minimum absolute atomic E-state index is 0.00812. The number of benzene rings is 2. The maximum absolute atomic E-state index is 12.0. The quantitative estimate of drug-likeness (QED) is 0.345. The molecular weight excluding hydrogens is 478 g/mol. The Balaban J connectivity index is 1.87. The van der Waals surface area contributed by atoms with Gasteiger partial charge in [-0.1, -0.05) is 0 Å². The fraction of sp³-hybridized carbons (Fsp3) is 0.348. The first kappa shape index (κ1) is 25.2. The van der Waals surface area contributed by atoms with Crippen LogP contribution in [0.1, 0.15) is 39.2 Å². The molecule has 8 nitrogen and oxygen atoms in total. The minimum Gasteiger partial charge on any atom is -0.497 e. The molecule has 32 heavy (non-hydrogen) atoms. The summed E-state index contributed by atoms with van der Waals surface area (Å²) >= 11 is 3.49. The summed E-state index contributed by atoms with van der Waals surface area (Å²) in [5.74, 6) is 1.27. The van der Waals surface area contributed by atoms with Crippen molar-refractivity contribution in [2.75, 3.05) is 19.0 Å². The van der Waals surface area contributed by atoms with E-state index in [9.17, 15) is 9.59 Å². The van der Waals surface area contributed by atoms with E-state index in [1.54, 1.807) is 37.4 Å². The van der Waals surface area contributed by atoms with Gasteiger partial charge in [0.25, 0.3) is 0 Å². The summed E-state index contributed by atoms with van der Waals surface area (Å²) in [5.41, 5.74) is 3.78. The number of halogens is 1. The van der Waals surface area contributed by atoms with Gasteiger partial charge in [0.1, 0.15) is 5.75 Å². The normalized spacial score (nSPS) is 10.8. The summed E-state index contributed by atoms with van der Waals surface area (Å²) in [5, 5.41) is 6.70. The maximum atomic E-state index is 12.0. The Hall–Kier alpha value is -3.07. The first-order valence-electron chi connectivity index (χ1n) is 10.2. The molecule has 2 aromatic carbocycles. The molecule has 2 aromatic rings. The van der Waals surface area contributed by atoms with Crippen LogP contribution in [-0.2, 0) is 9.59 Å². The number of methoxy groups -OCH3 is 1. The van der Waals surface area contributed by atoms with Gasteiger partial charge in [-0.05, 0) is 78.7 Å². The maximum Gasteiger partial charge on any atom is 0.240 e. The number of carbonyl (C=O) groups is 2. The molecule has 0 unspecified atom stereocenters. The highest BCUT2D eigenvalue weighted by molar-refractivity contribution is 9.10. The van der Waals surface area contributed by atoms with E-state index >= 15 is 0 Å². The van der Waals surface area contributed by atoms with E-state index in [4.69, 9.17) is 14.2 Å². The molecular formula is C23H28BrN3O5. The molecule has 0 spiro atoms. The fourth-order valence-electron chi connectivity index (χ4n) is 2.64. The van der Waals surface area contributed by atoms with Crippen LogP contribution in [0.25, 0.3) is 0 Å². The number of nitrogens with zero attached hydrogens (tertiary/aromatic N) is 1. The van der Waals surface area contributed by atoms with E-state index in [0.717, 1.165) is 4.47 Å². The van der Waals surface area contributed by atoms with E-state index in [1.165, 1.54) is 6.21 Å². The van der Waals surface area contributed by atoms with Crippen molar-refractivity contribution in [3.8, 4) is 17.2 Å². The molecule has 0 aromatic heterocycles. The standard InChI is InChI=1S/C23H28BrN3O5/c1-5-31-20-13-16(12-19(24)23(20)32-15(2)3)14-25-27-22(29)11-10-21(28)26-17-6-8-18(30-4)9-7-17/h6-9,12-15H,5,10-11H2,1-4H3,(H,26,28)(H,27,29). The van der Waals surface area contributed by atoms with Crippen molar-refractivity contribution < 1.29 is 23.8 Å². The third kappa shape index (κ3) is 8.22. The van der Waals surface area contributed by atoms with Crippen molar-refractivity contribution in [3.05, 3.63) is 46.4 Å². The second kappa shape index (κ2) is 12.7. The van der Waals surface area contributed by atoms with Gasteiger partial charge in [0.05, 0.1) is 30.5 Å². The molecule has 0 aliphatic rings. The second-order valence-corrected chi connectivity index (χ2v) is 7.85. The van der Waals surface area contributed by atoms with Gasteiger partial charge < -0.3 is 19.5 Å². The van der Waals surface area contributed by atoms with Crippen molar-refractivity contribution in [1.82, 2.24) is 5.43 Å². The molecule has 0 saturated carbocycles. The topological polar surface area (TPSA) is 98.2 Å². The Kier molecular flexibility index (Phi) is 10.0. The lowest BCUT2D eigenvalue weighted by Gasteiger charge is -2.16. The van der Waals surface area contributed by atoms with Crippen LogP contribution in [0, 0.1) is 0 Å². The highest BCUT2D eigenvalue weighted by Crippen LogP contribution is 2.37. The number of nitrogens with one attached hydrogen (secondary N) is 2. The predicted octanol–water partition coefficient (Wildman–Crippen LogP) is 4.51. The number of hydrogen-bond acceptors (Lipinski definition) is 6. The summed E-state index contributed by atoms with van der Waals surface area (Å²) < 4.78 is 17.3. The van der Waals surface area contributed by atoms with Crippen molar-refractivity contribution in [3.63, 3.8) is 0 Å². The molecule has 2 N–H and O–H groups in total. The molecule has 0 aliphatic heterocycles. The molecule has 0 aliphatic carbocycles. The zero-order valence-corrected chi connectivity index (χ0v) is 20.2. The van der Waals surface area contributed by atoms with Gasteiger partial charge in [0.15, 0.2) is 11.5 Å². The molecule has 2 rings (SSSR count). The van der Waals surface area contributed by atoms with Crippen molar-refractivity contribution in [2.24, 2.45) is 5.10 Å². The lowest BCUT2D eigenvalue weighted by molar-refractivity contribution is -0.124. The van der Waals surface area contributed by atoms with Gasteiger partial charge >= 0.3 is 0 Å². The Bertz CT molecular complexity index is 945. The SMILES string of the molecule is CCOc1cc(C=NNC(=O)CCC(=O)Nc2ccc(OC)cc2)cc(Br)c1OC(C)C. The van der Waals surface area contributed by atoms with Gasteiger partial charge in [-0.15, -0.1) is 0 Å². The van der Waals surface area contributed by atoms with Crippen LogP contribution in [0.3, 0.4) is 0 Å². The van der Waals surface area contributed by atoms with Gasteiger partial charge in [0.2, 0.25) is 11.8 Å². The van der Waals surface area contributed by atoms with Gasteiger partial charge in [-0.25, -0.2) is 5.43 Å². The molecule has 0 saturated heterocycles. The number of anilines is 1. The molecule has 2 amide bonds. The summed E-state index contributed by atoms with van der Waals surface area (Å²) in [6.45, 7) is 6.24. The molecule has 0 radical (unpaired) electrons. The second-order valence-electron chi connectivity index (χ2n) is 7.00. The molecule has 0 atom stereocenters. The van der Waals surface area contributed by atoms with Crippen LogP contribution < -0.4 is 25.0 Å². The monoisotopic (exact) mass is 505 g/mol. The largest absolute Gasteiger partial charge is 0.497 e. The average molecular weight is 506 g/mol. The summed E-state index contributed by atoms with van der Waals surface area (Å²) in [6.07, 6.45) is 1.54. The smallest absolute Gasteiger partial charge is 0.240 e. The average Bonchev–Trinajstić information content (AvgIpc) is 2.75. The van der Waals surface area contributed by atoms with E-state index < -0.39 is 0 Å². The lowest BCUT2D eigenvalue weighted by atomic mass is 10.2. The van der Waals surface area contributed by atoms with E-state index in [0.29, 0.717) is 35.1 Å². The third-order valence-electron chi connectivity index (χ3n) is 4.04. The first-order chi connectivity index (χ1) is 15.3. The number of ether oxygens (including phenoxy) is 3. The van der Waals surface area contributed by atoms with Gasteiger partial charge in [0, 0.05) is 18.5 Å². The van der Waals surface area contributed by atoms with Gasteiger partial charge in [-0.2, -0.15) is 5.10 Å². The van der Waals surface area contributed by atoms with Crippen LogP contribution in [0.5, 0.6) is 17.2 Å². The summed E-state index contributed by atoms with van der Waals surface area (Å²) in [7, 11) is 1.57. The van der Waals surface area contributed by atoms with Crippen LogP contribution >= 0.6 is 15.9 Å².